The van der Waals surface area contributed by atoms with Crippen LogP contribution in [0.4, 0.5) is 0 Å². The maximum atomic E-state index is 10.7. The average Bonchev–Trinajstić information content (AvgIpc) is 2.46. The van der Waals surface area contributed by atoms with Crippen molar-refractivity contribution in [1.29, 1.82) is 0 Å². The van der Waals surface area contributed by atoms with Crippen LogP contribution in [0.2, 0.25) is 0 Å². The van der Waals surface area contributed by atoms with E-state index in [0.29, 0.717) is 18.1 Å². The predicted molar refractivity (Wildman–Crippen MR) is 72.9 cm³/mol. The van der Waals surface area contributed by atoms with Crippen molar-refractivity contribution in [3.05, 3.63) is 54.1 Å². The second-order valence-corrected chi connectivity index (χ2v) is 4.60. The molecule has 0 aromatic heterocycles. The fraction of sp³-hybridized carbons (Fsp3) is 0.312. The zero-order valence-corrected chi connectivity index (χ0v) is 10.5. The maximum absolute atomic E-state index is 10.7. The van der Waals surface area contributed by atoms with Crippen molar-refractivity contribution in [2.45, 2.75) is 19.3 Å². The molecule has 1 aromatic rings. The second kappa shape index (κ2) is 6.20. The summed E-state index contributed by atoms with van der Waals surface area (Å²) in [5.74, 6) is 1.16. The van der Waals surface area contributed by atoms with Crippen molar-refractivity contribution >= 4 is 6.29 Å². The van der Waals surface area contributed by atoms with Crippen LogP contribution in [0.5, 0.6) is 5.75 Å². The molecule has 0 N–H and O–H groups in total. The zero-order valence-electron chi connectivity index (χ0n) is 10.5. The number of ether oxygens (including phenoxy) is 1. The van der Waals surface area contributed by atoms with Gasteiger partial charge in [-0.1, -0.05) is 30.9 Å². The van der Waals surface area contributed by atoms with E-state index in [1.165, 1.54) is 12.8 Å². The molecule has 1 aliphatic rings. The fourth-order valence-electron chi connectivity index (χ4n) is 2.11. The van der Waals surface area contributed by atoms with Crippen molar-refractivity contribution in [2.24, 2.45) is 5.92 Å². The summed E-state index contributed by atoms with van der Waals surface area (Å²) in [4.78, 5) is 10.7. The molecule has 1 aromatic carbocycles. The van der Waals surface area contributed by atoms with Gasteiger partial charge in [-0.15, -0.1) is 0 Å². The van der Waals surface area contributed by atoms with E-state index in [9.17, 15) is 4.79 Å². The zero-order chi connectivity index (χ0) is 12.8. The Labute approximate surface area is 108 Å². The van der Waals surface area contributed by atoms with Crippen LogP contribution in [0.1, 0.15) is 29.6 Å². The van der Waals surface area contributed by atoms with E-state index in [1.54, 1.807) is 12.1 Å². The van der Waals surface area contributed by atoms with Gasteiger partial charge < -0.3 is 4.74 Å². The Morgan fingerprint density at radius 2 is 2.39 bits per heavy atom. The van der Waals surface area contributed by atoms with E-state index in [2.05, 4.69) is 18.7 Å². The summed E-state index contributed by atoms with van der Waals surface area (Å²) in [6.45, 7) is 4.60. The third-order valence-electron chi connectivity index (χ3n) is 3.20. The molecular formula is C16H18O2. The lowest BCUT2D eigenvalue weighted by molar-refractivity contribution is 0.112. The van der Waals surface area contributed by atoms with Gasteiger partial charge in [0, 0.05) is 11.5 Å². The van der Waals surface area contributed by atoms with Gasteiger partial charge in [0.05, 0.1) is 0 Å². The minimum atomic E-state index is 0.438. The first-order valence-corrected chi connectivity index (χ1v) is 6.32. The summed E-state index contributed by atoms with van der Waals surface area (Å²) in [5, 5.41) is 0. The van der Waals surface area contributed by atoms with E-state index >= 15 is 0 Å². The molecule has 1 atom stereocenters. The Bertz CT molecular complexity index is 460. The Hall–Kier alpha value is -1.83. The van der Waals surface area contributed by atoms with Crippen LogP contribution in [-0.2, 0) is 0 Å². The van der Waals surface area contributed by atoms with Crippen molar-refractivity contribution in [3.63, 3.8) is 0 Å². The molecule has 0 unspecified atom stereocenters. The summed E-state index contributed by atoms with van der Waals surface area (Å²) in [5.41, 5.74) is 1.73. The standard InChI is InChI=1S/C16H18O2/c1-13(15-7-3-2-4-8-15)12-18-16-9-5-6-14(10-16)11-17/h3,5-7,9-11,15H,1-2,4,8,12H2/t15-/m0/s1. The molecule has 2 nitrogen and oxygen atoms in total. The molecule has 0 amide bonds. The molecule has 2 heteroatoms. The molecule has 0 bridgehead atoms. The number of hydrogen-bond donors (Lipinski definition) is 0. The van der Waals surface area contributed by atoms with Gasteiger partial charge in [0.2, 0.25) is 0 Å². The van der Waals surface area contributed by atoms with E-state index in [1.807, 2.05) is 12.1 Å². The Morgan fingerprint density at radius 3 is 3.11 bits per heavy atom. The smallest absolute Gasteiger partial charge is 0.150 e. The number of carbonyl (C=O) groups excluding carboxylic acids is 1. The SMILES string of the molecule is C=C(COc1cccc(C=O)c1)[C@H]1C=CCCC1. The van der Waals surface area contributed by atoms with Gasteiger partial charge in [-0.05, 0) is 37.0 Å². The van der Waals surface area contributed by atoms with Gasteiger partial charge in [0.25, 0.3) is 0 Å². The molecule has 0 heterocycles. The van der Waals surface area contributed by atoms with Crippen LogP contribution in [0.3, 0.4) is 0 Å². The monoisotopic (exact) mass is 242 g/mol. The summed E-state index contributed by atoms with van der Waals surface area (Å²) in [6.07, 6.45) is 8.81. The summed E-state index contributed by atoms with van der Waals surface area (Å²) in [7, 11) is 0. The lowest BCUT2D eigenvalue weighted by Crippen LogP contribution is -2.10. The van der Waals surface area contributed by atoms with Crippen molar-refractivity contribution < 1.29 is 9.53 Å². The predicted octanol–water partition coefficient (Wildman–Crippen LogP) is 3.79. The van der Waals surface area contributed by atoms with Gasteiger partial charge in [-0.3, -0.25) is 4.79 Å². The van der Waals surface area contributed by atoms with Gasteiger partial charge in [-0.2, -0.15) is 0 Å². The maximum Gasteiger partial charge on any atom is 0.150 e. The van der Waals surface area contributed by atoms with Crippen molar-refractivity contribution in [3.8, 4) is 5.75 Å². The Balaban J connectivity index is 1.90. The van der Waals surface area contributed by atoms with Gasteiger partial charge in [0.1, 0.15) is 18.6 Å². The average molecular weight is 242 g/mol. The van der Waals surface area contributed by atoms with E-state index < -0.39 is 0 Å². The summed E-state index contributed by atoms with van der Waals surface area (Å²) in [6, 6.07) is 7.19. The molecule has 0 saturated carbocycles. The van der Waals surface area contributed by atoms with Crippen molar-refractivity contribution in [1.82, 2.24) is 0 Å². The molecule has 18 heavy (non-hydrogen) atoms. The highest BCUT2D eigenvalue weighted by Gasteiger charge is 2.12. The highest BCUT2D eigenvalue weighted by molar-refractivity contribution is 5.75. The number of hydrogen-bond acceptors (Lipinski definition) is 2. The molecule has 0 radical (unpaired) electrons. The third-order valence-corrected chi connectivity index (χ3v) is 3.20. The first-order chi connectivity index (χ1) is 8.79. The molecule has 0 fully saturated rings. The second-order valence-electron chi connectivity index (χ2n) is 4.60. The Kier molecular flexibility index (Phi) is 4.35. The molecule has 2 rings (SSSR count). The molecule has 1 aliphatic carbocycles. The minimum Gasteiger partial charge on any atom is -0.489 e. The fourth-order valence-corrected chi connectivity index (χ4v) is 2.11. The molecule has 0 spiro atoms. The molecule has 0 aliphatic heterocycles. The van der Waals surface area contributed by atoms with Gasteiger partial charge in [0.15, 0.2) is 0 Å². The lowest BCUT2D eigenvalue weighted by Gasteiger charge is -2.19. The van der Waals surface area contributed by atoms with Crippen LogP contribution < -0.4 is 4.74 Å². The summed E-state index contributed by atoms with van der Waals surface area (Å²) < 4.78 is 5.67. The molecule has 94 valence electrons. The van der Waals surface area contributed by atoms with E-state index in [0.717, 1.165) is 24.0 Å². The Morgan fingerprint density at radius 1 is 1.50 bits per heavy atom. The van der Waals surface area contributed by atoms with Crippen LogP contribution in [-0.4, -0.2) is 12.9 Å². The van der Waals surface area contributed by atoms with E-state index in [4.69, 9.17) is 4.74 Å². The highest BCUT2D eigenvalue weighted by Crippen LogP contribution is 2.24. The number of carbonyl (C=O) groups is 1. The number of rotatable bonds is 5. The molecular weight excluding hydrogens is 224 g/mol. The normalized spacial score (nSPS) is 18.3. The largest absolute Gasteiger partial charge is 0.489 e. The van der Waals surface area contributed by atoms with E-state index in [-0.39, 0.29) is 0 Å². The van der Waals surface area contributed by atoms with Crippen LogP contribution in [0.25, 0.3) is 0 Å². The molecule has 0 saturated heterocycles. The van der Waals surface area contributed by atoms with Crippen LogP contribution >= 0.6 is 0 Å². The van der Waals surface area contributed by atoms with Gasteiger partial charge >= 0.3 is 0 Å². The first kappa shape index (κ1) is 12.6. The topological polar surface area (TPSA) is 26.3 Å². The van der Waals surface area contributed by atoms with Crippen LogP contribution in [0, 0.1) is 5.92 Å². The number of aldehydes is 1. The first-order valence-electron chi connectivity index (χ1n) is 6.32. The highest BCUT2D eigenvalue weighted by atomic mass is 16.5. The van der Waals surface area contributed by atoms with Crippen LogP contribution in [0.15, 0.2) is 48.6 Å². The third kappa shape index (κ3) is 3.33. The number of allylic oxidation sites excluding steroid dienone is 2. The minimum absolute atomic E-state index is 0.438. The van der Waals surface area contributed by atoms with Gasteiger partial charge in [-0.25, -0.2) is 0 Å². The lowest BCUT2D eigenvalue weighted by atomic mass is 9.90. The van der Waals surface area contributed by atoms with Crippen molar-refractivity contribution in [2.75, 3.05) is 6.61 Å². The summed E-state index contributed by atoms with van der Waals surface area (Å²) >= 11 is 0. The quantitative estimate of drug-likeness (QED) is 0.580. The number of benzene rings is 1.